The molecule has 1 aromatic carbocycles. The highest BCUT2D eigenvalue weighted by molar-refractivity contribution is 6.42. The number of likely N-dealkylation sites (tertiary alicyclic amines) is 1. The molecule has 1 N–H and O–H groups in total. The summed E-state index contributed by atoms with van der Waals surface area (Å²) in [6.45, 7) is 3.25. The smallest absolute Gasteiger partial charge is 0.409 e. The molecule has 0 radical (unpaired) electrons. The summed E-state index contributed by atoms with van der Waals surface area (Å²) in [6.07, 6.45) is 0.742. The lowest BCUT2D eigenvalue weighted by atomic mass is 10.0. The lowest BCUT2D eigenvalue weighted by Gasteiger charge is -2.36. The van der Waals surface area contributed by atoms with Crippen LogP contribution in [-0.2, 0) is 20.9 Å². The van der Waals surface area contributed by atoms with Crippen LogP contribution in [0.5, 0.6) is 0 Å². The van der Waals surface area contributed by atoms with Crippen LogP contribution in [-0.4, -0.2) is 77.0 Å². The summed E-state index contributed by atoms with van der Waals surface area (Å²) in [5.74, 6) is -1.50. The molecular weight excluding hydrogens is 445 g/mol. The normalized spacial score (nSPS) is 17.4. The number of aliphatic hydroxyl groups excluding tert-OH is 1. The largest absolute Gasteiger partial charge is 0.503 e. The Balaban J connectivity index is 1.61. The molecule has 2 heterocycles. The zero-order valence-electron chi connectivity index (χ0n) is 17.4. The molecule has 0 bridgehead atoms. The van der Waals surface area contributed by atoms with Crippen LogP contribution in [0.1, 0.15) is 25.3 Å². The molecule has 3 rings (SSSR count). The van der Waals surface area contributed by atoms with E-state index in [0.29, 0.717) is 42.6 Å². The van der Waals surface area contributed by atoms with E-state index in [1.807, 2.05) is 0 Å². The van der Waals surface area contributed by atoms with Crippen molar-refractivity contribution in [3.8, 4) is 0 Å². The number of nitrogens with zero attached hydrogens (tertiary/aromatic N) is 3. The van der Waals surface area contributed by atoms with E-state index in [1.165, 1.54) is 9.80 Å². The summed E-state index contributed by atoms with van der Waals surface area (Å²) in [5, 5.41) is 11.2. The van der Waals surface area contributed by atoms with Gasteiger partial charge in [-0.25, -0.2) is 4.79 Å². The average Bonchev–Trinajstić information content (AvgIpc) is 3.05. The molecule has 0 aromatic heterocycles. The molecule has 3 amide bonds. The van der Waals surface area contributed by atoms with Gasteiger partial charge in [0.25, 0.3) is 11.8 Å². The van der Waals surface area contributed by atoms with E-state index in [2.05, 4.69) is 0 Å². The van der Waals surface area contributed by atoms with Gasteiger partial charge in [-0.05, 0) is 37.5 Å². The Morgan fingerprint density at radius 3 is 2.52 bits per heavy atom. The minimum atomic E-state index is -0.555. The predicted molar refractivity (Wildman–Crippen MR) is 116 cm³/mol. The summed E-state index contributed by atoms with van der Waals surface area (Å²) in [6, 6.07) is 4.92. The lowest BCUT2D eigenvalue weighted by Crippen LogP contribution is -2.48. The van der Waals surface area contributed by atoms with Crippen LogP contribution in [0.4, 0.5) is 4.79 Å². The number of rotatable bonds is 5. The first kappa shape index (κ1) is 23.2. The maximum Gasteiger partial charge on any atom is 0.409 e. The van der Waals surface area contributed by atoms with Gasteiger partial charge in [0.05, 0.1) is 28.8 Å². The van der Waals surface area contributed by atoms with Crippen LogP contribution in [0.3, 0.4) is 0 Å². The zero-order chi connectivity index (χ0) is 22.7. The first-order chi connectivity index (χ1) is 14.7. The number of hydrogen-bond acceptors (Lipinski definition) is 5. The van der Waals surface area contributed by atoms with Gasteiger partial charge in [-0.2, -0.15) is 0 Å². The molecule has 0 saturated carbocycles. The molecule has 31 heavy (non-hydrogen) atoms. The molecule has 1 saturated heterocycles. The van der Waals surface area contributed by atoms with Gasteiger partial charge in [0.2, 0.25) is 0 Å². The Hall–Kier alpha value is -2.45. The molecule has 168 valence electrons. The quantitative estimate of drug-likeness (QED) is 0.714. The van der Waals surface area contributed by atoms with Gasteiger partial charge >= 0.3 is 6.09 Å². The van der Waals surface area contributed by atoms with Crippen molar-refractivity contribution in [2.24, 2.45) is 0 Å². The van der Waals surface area contributed by atoms with Crippen molar-refractivity contribution >= 4 is 41.1 Å². The number of hydrogen-bond donors (Lipinski definition) is 1. The number of carbonyl (C=O) groups excluding carboxylic acids is 3. The molecule has 10 heteroatoms. The highest BCUT2D eigenvalue weighted by Gasteiger charge is 2.40. The first-order valence-electron chi connectivity index (χ1n) is 10.1. The number of halogens is 2. The van der Waals surface area contributed by atoms with Crippen molar-refractivity contribution in [3.63, 3.8) is 0 Å². The topological polar surface area (TPSA) is 90.4 Å². The fraction of sp³-hybridized carbons (Fsp3) is 0.476. The molecule has 1 fully saturated rings. The fourth-order valence-electron chi connectivity index (χ4n) is 3.83. The fourth-order valence-corrected chi connectivity index (χ4v) is 4.16. The van der Waals surface area contributed by atoms with E-state index in [4.69, 9.17) is 27.9 Å². The van der Waals surface area contributed by atoms with E-state index >= 15 is 0 Å². The van der Waals surface area contributed by atoms with E-state index in [0.717, 1.165) is 5.56 Å². The number of benzene rings is 1. The van der Waals surface area contributed by atoms with Gasteiger partial charge in [0, 0.05) is 32.7 Å². The van der Waals surface area contributed by atoms with Crippen molar-refractivity contribution in [1.82, 2.24) is 14.7 Å². The molecule has 2 aliphatic heterocycles. The second kappa shape index (κ2) is 9.78. The number of aliphatic hydroxyl groups is 1. The monoisotopic (exact) mass is 469 g/mol. The van der Waals surface area contributed by atoms with Crippen LogP contribution in [0.25, 0.3) is 0 Å². The van der Waals surface area contributed by atoms with Gasteiger partial charge in [0.15, 0.2) is 5.76 Å². The Bertz CT molecular complexity index is 912. The van der Waals surface area contributed by atoms with Crippen LogP contribution in [0.15, 0.2) is 29.5 Å². The summed E-state index contributed by atoms with van der Waals surface area (Å²) < 4.78 is 5.01. The summed E-state index contributed by atoms with van der Waals surface area (Å²) in [5.41, 5.74) is 0.846. The highest BCUT2D eigenvalue weighted by atomic mass is 35.5. The number of likely N-dealkylation sites (N-methyl/N-ethyl adjacent to an activating group) is 1. The minimum absolute atomic E-state index is 0.0410. The zero-order valence-corrected chi connectivity index (χ0v) is 18.9. The molecule has 0 aliphatic carbocycles. The molecule has 0 unspecified atom stereocenters. The van der Waals surface area contributed by atoms with Crippen molar-refractivity contribution in [3.05, 3.63) is 45.1 Å². The van der Waals surface area contributed by atoms with Crippen molar-refractivity contribution in [1.29, 1.82) is 0 Å². The third kappa shape index (κ3) is 5.07. The van der Waals surface area contributed by atoms with Gasteiger partial charge in [-0.3, -0.25) is 9.59 Å². The predicted octanol–water partition coefficient (Wildman–Crippen LogP) is 3.23. The van der Waals surface area contributed by atoms with Gasteiger partial charge in [-0.1, -0.05) is 29.3 Å². The molecule has 2 aliphatic rings. The molecule has 8 nitrogen and oxygen atoms in total. The lowest BCUT2D eigenvalue weighted by molar-refractivity contribution is -0.130. The maximum absolute atomic E-state index is 12.9. The second-order valence-electron chi connectivity index (χ2n) is 7.59. The van der Waals surface area contributed by atoms with E-state index < -0.39 is 17.6 Å². The summed E-state index contributed by atoms with van der Waals surface area (Å²) in [4.78, 5) is 41.9. The van der Waals surface area contributed by atoms with Crippen LogP contribution in [0.2, 0.25) is 10.0 Å². The third-order valence-corrected chi connectivity index (χ3v) is 6.26. The van der Waals surface area contributed by atoms with Gasteiger partial charge in [0.1, 0.15) is 0 Å². The Morgan fingerprint density at radius 1 is 1.23 bits per heavy atom. The Morgan fingerprint density at radius 2 is 1.90 bits per heavy atom. The Labute approximate surface area is 190 Å². The third-order valence-electron chi connectivity index (χ3n) is 5.52. The number of amides is 3. The standard InChI is InChI=1S/C21H25Cl2N3O5/c1-3-31-21(30)25-8-6-14(7-9-25)26-12-15(18(27)20(26)29)19(28)24(2)11-13-4-5-16(22)17(23)10-13/h4-5,10,14,27H,3,6-9,11-12H2,1-2H3. The first-order valence-corrected chi connectivity index (χ1v) is 10.8. The van der Waals surface area contributed by atoms with Crippen molar-refractivity contribution in [2.45, 2.75) is 32.4 Å². The average molecular weight is 470 g/mol. The van der Waals surface area contributed by atoms with E-state index in [1.54, 1.807) is 37.1 Å². The number of carbonyl (C=O) groups is 3. The maximum atomic E-state index is 12.9. The van der Waals surface area contributed by atoms with Crippen molar-refractivity contribution < 1.29 is 24.2 Å². The van der Waals surface area contributed by atoms with E-state index in [9.17, 15) is 19.5 Å². The Kier molecular flexibility index (Phi) is 7.33. The molecular formula is C21H25Cl2N3O5. The van der Waals surface area contributed by atoms with Crippen LogP contribution in [0, 0.1) is 0 Å². The van der Waals surface area contributed by atoms with Crippen LogP contribution < -0.4 is 0 Å². The van der Waals surface area contributed by atoms with Gasteiger partial charge in [-0.15, -0.1) is 0 Å². The van der Waals surface area contributed by atoms with E-state index in [-0.39, 0.29) is 30.8 Å². The molecule has 0 spiro atoms. The number of piperidine rings is 1. The highest BCUT2D eigenvalue weighted by Crippen LogP contribution is 2.27. The summed E-state index contributed by atoms with van der Waals surface area (Å²) in [7, 11) is 1.59. The van der Waals surface area contributed by atoms with Crippen molar-refractivity contribution in [2.75, 3.05) is 33.3 Å². The molecule has 1 aromatic rings. The summed E-state index contributed by atoms with van der Waals surface area (Å²) >= 11 is 12.0. The number of ether oxygens (including phenoxy) is 1. The SMILES string of the molecule is CCOC(=O)N1CCC(N2CC(C(=O)N(C)Cc3ccc(Cl)c(Cl)c3)=C(O)C2=O)CC1. The van der Waals surface area contributed by atoms with Gasteiger partial charge < -0.3 is 24.5 Å². The minimum Gasteiger partial charge on any atom is -0.503 e. The van der Waals surface area contributed by atoms with Crippen LogP contribution >= 0.6 is 23.2 Å². The second-order valence-corrected chi connectivity index (χ2v) is 8.40. The molecule has 0 atom stereocenters.